The van der Waals surface area contributed by atoms with E-state index in [9.17, 15) is 8.42 Å². The molecule has 1 aliphatic heterocycles. The van der Waals surface area contributed by atoms with Gasteiger partial charge in [-0.05, 0) is 6.42 Å². The van der Waals surface area contributed by atoms with Crippen LogP contribution in [0.1, 0.15) is 18.2 Å². The molecule has 1 saturated heterocycles. The zero-order valence-corrected chi connectivity index (χ0v) is 8.37. The second-order valence-corrected chi connectivity index (χ2v) is 5.70. The van der Waals surface area contributed by atoms with Crippen LogP contribution in [0.15, 0.2) is 12.4 Å². The second-order valence-electron chi connectivity index (χ2n) is 3.47. The van der Waals surface area contributed by atoms with E-state index in [4.69, 9.17) is 5.73 Å². The van der Waals surface area contributed by atoms with Gasteiger partial charge in [-0.1, -0.05) is 0 Å². The summed E-state index contributed by atoms with van der Waals surface area (Å²) in [7, 11) is -2.86. The van der Waals surface area contributed by atoms with E-state index in [1.165, 1.54) is 12.4 Å². The van der Waals surface area contributed by atoms with Crippen molar-refractivity contribution in [2.75, 3.05) is 17.2 Å². The lowest BCUT2D eigenvalue weighted by molar-refractivity contribution is 0.601. The van der Waals surface area contributed by atoms with Gasteiger partial charge in [-0.3, -0.25) is 0 Å². The van der Waals surface area contributed by atoms with E-state index in [2.05, 4.69) is 9.97 Å². The first-order valence-electron chi connectivity index (χ1n) is 4.35. The van der Waals surface area contributed by atoms with E-state index in [1.807, 2.05) is 0 Å². The molecule has 2 rings (SSSR count). The van der Waals surface area contributed by atoms with Gasteiger partial charge in [-0.25, -0.2) is 18.4 Å². The van der Waals surface area contributed by atoms with E-state index in [0.717, 1.165) is 0 Å². The highest BCUT2D eigenvalue weighted by Crippen LogP contribution is 2.26. The van der Waals surface area contributed by atoms with Crippen LogP contribution in [0.25, 0.3) is 0 Å². The summed E-state index contributed by atoms with van der Waals surface area (Å²) >= 11 is 0. The highest BCUT2D eigenvalue weighted by molar-refractivity contribution is 7.91. The third kappa shape index (κ3) is 1.84. The Hall–Kier alpha value is -1.17. The largest absolute Gasteiger partial charge is 0.396 e. The number of hydrogen-bond donors (Lipinski definition) is 1. The van der Waals surface area contributed by atoms with Gasteiger partial charge < -0.3 is 5.73 Å². The van der Waals surface area contributed by atoms with Gasteiger partial charge in [-0.15, -0.1) is 0 Å². The molecule has 76 valence electrons. The first kappa shape index (κ1) is 9.39. The van der Waals surface area contributed by atoms with E-state index in [1.54, 1.807) is 0 Å². The Kier molecular flexibility index (Phi) is 2.14. The highest BCUT2D eigenvalue weighted by atomic mass is 32.2. The van der Waals surface area contributed by atoms with Crippen molar-refractivity contribution >= 4 is 15.5 Å². The van der Waals surface area contributed by atoms with Crippen molar-refractivity contribution < 1.29 is 8.42 Å². The number of nitrogen functional groups attached to an aromatic ring is 1. The molecule has 1 aromatic heterocycles. The number of nitrogens with two attached hydrogens (primary N) is 1. The fraction of sp³-hybridized carbons (Fsp3) is 0.500. The summed E-state index contributed by atoms with van der Waals surface area (Å²) in [5.74, 6) is 0.934. The zero-order chi connectivity index (χ0) is 10.2. The molecule has 1 fully saturated rings. The maximum Gasteiger partial charge on any atom is 0.151 e. The predicted octanol–water partition coefficient (Wildman–Crippen LogP) is -0.0391. The summed E-state index contributed by atoms with van der Waals surface area (Å²) in [4.78, 5) is 8.05. The zero-order valence-electron chi connectivity index (χ0n) is 7.55. The monoisotopic (exact) mass is 213 g/mol. The first-order chi connectivity index (χ1) is 6.57. The van der Waals surface area contributed by atoms with Gasteiger partial charge in [0.05, 0.1) is 29.6 Å². The number of aromatic nitrogens is 2. The van der Waals surface area contributed by atoms with Crippen molar-refractivity contribution in [3.63, 3.8) is 0 Å². The summed E-state index contributed by atoms with van der Waals surface area (Å²) in [5.41, 5.74) is 5.93. The molecule has 0 radical (unpaired) electrons. The van der Waals surface area contributed by atoms with E-state index in [0.29, 0.717) is 17.9 Å². The van der Waals surface area contributed by atoms with Crippen molar-refractivity contribution in [3.05, 3.63) is 18.2 Å². The van der Waals surface area contributed by atoms with Gasteiger partial charge in [0.25, 0.3) is 0 Å². The van der Waals surface area contributed by atoms with Gasteiger partial charge in [0.1, 0.15) is 5.82 Å². The Bertz CT molecular complexity index is 426. The molecule has 0 aromatic carbocycles. The van der Waals surface area contributed by atoms with E-state index >= 15 is 0 Å². The number of hydrogen-bond acceptors (Lipinski definition) is 5. The van der Waals surface area contributed by atoms with Crippen molar-refractivity contribution in [1.29, 1.82) is 0 Å². The molecule has 6 heteroatoms. The van der Waals surface area contributed by atoms with Gasteiger partial charge in [0.2, 0.25) is 0 Å². The standard InChI is InChI=1S/C8H11N3O2S/c9-7-3-10-8(11-4-7)6-1-2-14(12,13)5-6/h3-4,6H,1-2,5,9H2. The lowest BCUT2D eigenvalue weighted by Gasteiger charge is -2.04. The van der Waals surface area contributed by atoms with Crippen LogP contribution in [0.5, 0.6) is 0 Å². The molecule has 1 aliphatic rings. The molecule has 0 saturated carbocycles. The average molecular weight is 213 g/mol. The molecule has 2 N–H and O–H groups in total. The van der Waals surface area contributed by atoms with Gasteiger partial charge in [0, 0.05) is 5.92 Å². The molecule has 1 aromatic rings. The number of sulfone groups is 1. The van der Waals surface area contributed by atoms with Crippen LogP contribution < -0.4 is 5.73 Å². The minimum Gasteiger partial charge on any atom is -0.396 e. The molecule has 2 heterocycles. The average Bonchev–Trinajstić information content (AvgIpc) is 2.47. The topological polar surface area (TPSA) is 85.9 Å². The van der Waals surface area contributed by atoms with Crippen LogP contribution in [0.2, 0.25) is 0 Å². The van der Waals surface area contributed by atoms with Crippen molar-refractivity contribution in [3.8, 4) is 0 Å². The van der Waals surface area contributed by atoms with Crippen LogP contribution in [0, 0.1) is 0 Å². The molecule has 1 atom stereocenters. The molecular formula is C8H11N3O2S. The smallest absolute Gasteiger partial charge is 0.151 e. The Morgan fingerprint density at radius 2 is 2.00 bits per heavy atom. The van der Waals surface area contributed by atoms with Crippen LogP contribution in [-0.2, 0) is 9.84 Å². The normalized spacial score (nSPS) is 25.0. The van der Waals surface area contributed by atoms with Crippen LogP contribution in [0.4, 0.5) is 5.69 Å². The molecular weight excluding hydrogens is 202 g/mol. The maximum atomic E-state index is 11.2. The fourth-order valence-corrected chi connectivity index (χ4v) is 3.30. The third-order valence-corrected chi connectivity index (χ3v) is 4.06. The SMILES string of the molecule is Nc1cnc(C2CCS(=O)(=O)C2)nc1. The molecule has 1 unspecified atom stereocenters. The first-order valence-corrected chi connectivity index (χ1v) is 6.17. The Labute approximate surface area is 82.3 Å². The molecule has 5 nitrogen and oxygen atoms in total. The Balaban J connectivity index is 2.22. The molecule has 0 aliphatic carbocycles. The van der Waals surface area contributed by atoms with Crippen molar-refractivity contribution in [2.24, 2.45) is 0 Å². The molecule has 14 heavy (non-hydrogen) atoms. The molecule has 0 amide bonds. The lowest BCUT2D eigenvalue weighted by Crippen LogP contribution is -2.07. The predicted molar refractivity (Wildman–Crippen MR) is 52.5 cm³/mol. The summed E-state index contributed by atoms with van der Waals surface area (Å²) in [6.07, 6.45) is 3.63. The highest BCUT2D eigenvalue weighted by Gasteiger charge is 2.30. The van der Waals surface area contributed by atoms with E-state index in [-0.39, 0.29) is 17.4 Å². The Morgan fingerprint density at radius 3 is 2.50 bits per heavy atom. The summed E-state index contributed by atoms with van der Waals surface area (Å²) in [6.45, 7) is 0. The maximum absolute atomic E-state index is 11.2. The second kappa shape index (κ2) is 3.20. The minimum atomic E-state index is -2.86. The van der Waals surface area contributed by atoms with Crippen LogP contribution >= 0.6 is 0 Å². The molecule has 0 bridgehead atoms. The number of nitrogens with zero attached hydrogens (tertiary/aromatic N) is 2. The van der Waals surface area contributed by atoms with Gasteiger partial charge in [-0.2, -0.15) is 0 Å². The van der Waals surface area contributed by atoms with Crippen molar-refractivity contribution in [1.82, 2.24) is 9.97 Å². The lowest BCUT2D eigenvalue weighted by atomic mass is 10.1. The Morgan fingerprint density at radius 1 is 1.36 bits per heavy atom. The van der Waals surface area contributed by atoms with Gasteiger partial charge in [0.15, 0.2) is 9.84 Å². The third-order valence-electron chi connectivity index (χ3n) is 2.29. The summed E-state index contributed by atoms with van der Waals surface area (Å²) in [6, 6.07) is 0. The van der Waals surface area contributed by atoms with Gasteiger partial charge >= 0.3 is 0 Å². The number of anilines is 1. The van der Waals surface area contributed by atoms with Crippen molar-refractivity contribution in [2.45, 2.75) is 12.3 Å². The minimum absolute atomic E-state index is 0.0550. The quantitative estimate of drug-likeness (QED) is 0.707. The summed E-state index contributed by atoms with van der Waals surface area (Å²) < 4.78 is 22.4. The summed E-state index contributed by atoms with van der Waals surface area (Å²) in [5, 5.41) is 0. The fourth-order valence-electron chi connectivity index (χ4n) is 1.56. The molecule has 0 spiro atoms. The van der Waals surface area contributed by atoms with Crippen LogP contribution in [-0.4, -0.2) is 29.9 Å². The van der Waals surface area contributed by atoms with E-state index < -0.39 is 9.84 Å². The van der Waals surface area contributed by atoms with Crippen LogP contribution in [0.3, 0.4) is 0 Å². The number of rotatable bonds is 1.